The van der Waals surface area contributed by atoms with Gasteiger partial charge in [-0.05, 0) is 12.1 Å². The smallest absolute Gasteiger partial charge is 0.433 e. The molecule has 2 atom stereocenters. The second-order valence-corrected chi connectivity index (χ2v) is 5.60. The third kappa shape index (κ3) is 2.46. The number of ether oxygens (including phenoxy) is 1. The van der Waals surface area contributed by atoms with E-state index in [9.17, 15) is 15.4 Å². The molecule has 0 spiro atoms. The van der Waals surface area contributed by atoms with Crippen LogP contribution in [0.2, 0.25) is 0 Å². The van der Waals surface area contributed by atoms with Crippen LogP contribution >= 0.6 is 0 Å². The molecule has 0 saturated carbocycles. The number of nitriles is 1. The van der Waals surface area contributed by atoms with Gasteiger partial charge in [0.25, 0.3) is 0 Å². The van der Waals surface area contributed by atoms with E-state index in [0.717, 1.165) is 5.69 Å². The SMILES string of the molecule is CN(C)c1ccc2c(c1)OC(=N)C(C#N)C2c1ccc([N+](=O)[O-])o1. The zero-order valence-corrected chi connectivity index (χ0v) is 13.0. The molecule has 0 bridgehead atoms. The van der Waals surface area contributed by atoms with Crippen molar-refractivity contribution in [2.45, 2.75) is 5.92 Å². The average molecular weight is 326 g/mol. The van der Waals surface area contributed by atoms with Crippen LogP contribution in [0.1, 0.15) is 17.2 Å². The number of hydrogen-bond donors (Lipinski definition) is 1. The number of anilines is 1. The van der Waals surface area contributed by atoms with Crippen LogP contribution in [0.3, 0.4) is 0 Å². The summed E-state index contributed by atoms with van der Waals surface area (Å²) in [6.07, 6.45) is 0. The van der Waals surface area contributed by atoms with Crippen LogP contribution in [0.4, 0.5) is 11.6 Å². The number of furan rings is 1. The molecule has 0 saturated heterocycles. The molecule has 1 aliphatic heterocycles. The van der Waals surface area contributed by atoms with Crippen LogP contribution in [0.15, 0.2) is 34.7 Å². The molecule has 8 nitrogen and oxygen atoms in total. The van der Waals surface area contributed by atoms with Gasteiger partial charge >= 0.3 is 5.88 Å². The van der Waals surface area contributed by atoms with E-state index in [1.165, 1.54) is 12.1 Å². The van der Waals surface area contributed by atoms with Gasteiger partial charge in [-0.15, -0.1) is 0 Å². The molecule has 0 amide bonds. The summed E-state index contributed by atoms with van der Waals surface area (Å²) in [6, 6.07) is 10.2. The lowest BCUT2D eigenvalue weighted by molar-refractivity contribution is -0.402. The molecule has 0 aliphatic carbocycles. The van der Waals surface area contributed by atoms with Gasteiger partial charge in [0.1, 0.15) is 22.4 Å². The van der Waals surface area contributed by atoms with Crippen LogP contribution in [0.5, 0.6) is 5.75 Å². The minimum Gasteiger partial charge on any atom is -0.442 e. The third-order valence-electron chi connectivity index (χ3n) is 3.92. The number of benzene rings is 1. The summed E-state index contributed by atoms with van der Waals surface area (Å²) in [5, 5.41) is 28.3. The molecule has 8 heteroatoms. The first-order valence-corrected chi connectivity index (χ1v) is 7.13. The lowest BCUT2D eigenvalue weighted by Gasteiger charge is -2.29. The first-order chi connectivity index (χ1) is 11.4. The molecule has 1 aromatic heterocycles. The number of fused-ring (bicyclic) bond motifs is 1. The fraction of sp³-hybridized carbons (Fsp3) is 0.250. The monoisotopic (exact) mass is 326 g/mol. The molecule has 2 heterocycles. The number of hydrogen-bond acceptors (Lipinski definition) is 7. The molecular weight excluding hydrogens is 312 g/mol. The summed E-state index contributed by atoms with van der Waals surface area (Å²) >= 11 is 0. The topological polar surface area (TPSA) is 116 Å². The maximum atomic E-state index is 10.9. The van der Waals surface area contributed by atoms with Crippen LogP contribution in [-0.4, -0.2) is 24.9 Å². The maximum Gasteiger partial charge on any atom is 0.433 e. The standard InChI is InChI=1S/C16H14N4O4/c1-19(2)9-3-4-10-13(7-9)24-16(18)11(8-17)15(10)12-5-6-14(23-12)20(21)22/h3-7,11,15,18H,1-2H3. The Morgan fingerprint density at radius 3 is 2.67 bits per heavy atom. The number of nitro groups is 1. The molecule has 1 aliphatic rings. The highest BCUT2D eigenvalue weighted by molar-refractivity contribution is 5.85. The van der Waals surface area contributed by atoms with Crippen molar-refractivity contribution < 1.29 is 14.1 Å². The molecule has 2 aromatic rings. The number of rotatable bonds is 3. The Hall–Kier alpha value is -3.34. The number of nitrogens with zero attached hydrogens (tertiary/aromatic N) is 3. The summed E-state index contributed by atoms with van der Waals surface area (Å²) in [5.74, 6) is -1.43. The molecule has 0 fully saturated rings. The van der Waals surface area contributed by atoms with Gasteiger partial charge in [-0.25, -0.2) is 0 Å². The van der Waals surface area contributed by atoms with Crippen molar-refractivity contribution in [2.24, 2.45) is 5.92 Å². The zero-order valence-electron chi connectivity index (χ0n) is 13.0. The van der Waals surface area contributed by atoms with E-state index in [0.29, 0.717) is 11.3 Å². The van der Waals surface area contributed by atoms with E-state index in [-0.39, 0.29) is 11.7 Å². The quantitative estimate of drug-likeness (QED) is 0.684. The lowest BCUT2D eigenvalue weighted by Crippen LogP contribution is -2.30. The number of nitrogens with one attached hydrogen (secondary N) is 1. The Labute approximate surface area is 137 Å². The van der Waals surface area contributed by atoms with Crippen molar-refractivity contribution in [1.29, 1.82) is 10.7 Å². The van der Waals surface area contributed by atoms with Crippen LogP contribution < -0.4 is 9.64 Å². The highest BCUT2D eigenvalue weighted by Gasteiger charge is 2.39. The van der Waals surface area contributed by atoms with Crippen LogP contribution in [-0.2, 0) is 0 Å². The van der Waals surface area contributed by atoms with Crippen molar-refractivity contribution in [3.8, 4) is 11.8 Å². The first kappa shape index (κ1) is 15.6. The fourth-order valence-electron chi connectivity index (χ4n) is 2.72. The molecule has 24 heavy (non-hydrogen) atoms. The zero-order chi connectivity index (χ0) is 17.4. The predicted molar refractivity (Wildman–Crippen MR) is 85.4 cm³/mol. The Morgan fingerprint density at radius 1 is 1.33 bits per heavy atom. The summed E-state index contributed by atoms with van der Waals surface area (Å²) < 4.78 is 10.8. The van der Waals surface area contributed by atoms with Crippen molar-refractivity contribution in [3.05, 3.63) is 51.8 Å². The van der Waals surface area contributed by atoms with Crippen molar-refractivity contribution in [1.82, 2.24) is 0 Å². The van der Waals surface area contributed by atoms with E-state index in [2.05, 4.69) is 0 Å². The van der Waals surface area contributed by atoms with Crippen molar-refractivity contribution in [3.63, 3.8) is 0 Å². The van der Waals surface area contributed by atoms with Crippen molar-refractivity contribution >= 4 is 17.5 Å². The lowest BCUT2D eigenvalue weighted by atomic mass is 9.82. The Kier molecular flexibility index (Phi) is 3.69. The van der Waals surface area contributed by atoms with Gasteiger partial charge in [0.15, 0.2) is 0 Å². The molecule has 1 aromatic carbocycles. The molecule has 2 unspecified atom stereocenters. The van der Waals surface area contributed by atoms with Gasteiger partial charge in [-0.1, -0.05) is 6.07 Å². The second kappa shape index (κ2) is 5.70. The van der Waals surface area contributed by atoms with Gasteiger partial charge in [-0.3, -0.25) is 15.5 Å². The summed E-state index contributed by atoms with van der Waals surface area (Å²) in [5.41, 5.74) is 1.54. The van der Waals surface area contributed by atoms with Crippen LogP contribution in [0, 0.1) is 32.8 Å². The van der Waals surface area contributed by atoms with Gasteiger partial charge < -0.3 is 14.1 Å². The minimum absolute atomic E-state index is 0.204. The Balaban J connectivity index is 2.14. The van der Waals surface area contributed by atoms with E-state index >= 15 is 0 Å². The van der Waals surface area contributed by atoms with Crippen molar-refractivity contribution in [2.75, 3.05) is 19.0 Å². The highest BCUT2D eigenvalue weighted by Crippen LogP contribution is 2.44. The van der Waals surface area contributed by atoms with E-state index < -0.39 is 22.6 Å². The largest absolute Gasteiger partial charge is 0.442 e. The predicted octanol–water partition coefficient (Wildman–Crippen LogP) is 2.90. The van der Waals surface area contributed by atoms with Gasteiger partial charge in [0, 0.05) is 31.4 Å². The molecule has 0 radical (unpaired) electrons. The molecule has 1 N–H and O–H groups in total. The van der Waals surface area contributed by atoms with E-state index in [4.69, 9.17) is 14.6 Å². The van der Waals surface area contributed by atoms with E-state index in [1.807, 2.05) is 31.1 Å². The highest BCUT2D eigenvalue weighted by atomic mass is 16.6. The second-order valence-electron chi connectivity index (χ2n) is 5.60. The average Bonchev–Trinajstić information content (AvgIpc) is 3.02. The molecule has 122 valence electrons. The summed E-state index contributed by atoms with van der Waals surface area (Å²) in [6.45, 7) is 0. The summed E-state index contributed by atoms with van der Waals surface area (Å²) in [7, 11) is 3.75. The maximum absolute atomic E-state index is 10.9. The molecule has 3 rings (SSSR count). The van der Waals surface area contributed by atoms with Gasteiger partial charge in [0.05, 0.1) is 18.1 Å². The first-order valence-electron chi connectivity index (χ1n) is 7.13. The fourth-order valence-corrected chi connectivity index (χ4v) is 2.72. The van der Waals surface area contributed by atoms with Gasteiger partial charge in [0.2, 0.25) is 5.90 Å². The van der Waals surface area contributed by atoms with E-state index in [1.54, 1.807) is 12.1 Å². The normalized spacial score (nSPS) is 19.1. The summed E-state index contributed by atoms with van der Waals surface area (Å²) in [4.78, 5) is 12.1. The minimum atomic E-state index is -0.909. The Morgan fingerprint density at radius 2 is 2.08 bits per heavy atom. The molecular formula is C16H14N4O4. The third-order valence-corrected chi connectivity index (χ3v) is 3.92. The van der Waals surface area contributed by atoms with Crippen LogP contribution in [0.25, 0.3) is 0 Å². The van der Waals surface area contributed by atoms with Gasteiger partial charge in [-0.2, -0.15) is 5.26 Å². The Bertz CT molecular complexity index is 865.